The lowest BCUT2D eigenvalue weighted by atomic mass is 9.78. The van der Waals surface area contributed by atoms with Gasteiger partial charge in [0.2, 0.25) is 0 Å². The van der Waals surface area contributed by atoms with E-state index in [4.69, 9.17) is 0 Å². The van der Waals surface area contributed by atoms with E-state index in [0.29, 0.717) is 0 Å². The third-order valence-corrected chi connectivity index (χ3v) is 9.46. The molecule has 0 radical (unpaired) electrons. The van der Waals surface area contributed by atoms with Crippen molar-refractivity contribution in [3.63, 3.8) is 0 Å². The molecule has 2 N–H and O–H groups in total. The maximum Gasteiger partial charge on any atom is 0.0846 e. The van der Waals surface area contributed by atoms with Crippen molar-refractivity contribution in [2.45, 2.75) is 51.7 Å². The second kappa shape index (κ2) is 8.64. The largest absolute Gasteiger partial charge is 0.386 e. The Kier molecular flexibility index (Phi) is 5.24. The molecular formula is C40H34O2. The van der Waals surface area contributed by atoms with Gasteiger partial charge in [0.1, 0.15) is 0 Å². The molecule has 0 fully saturated rings. The van der Waals surface area contributed by atoms with E-state index in [1.54, 1.807) is 0 Å². The van der Waals surface area contributed by atoms with Crippen LogP contribution in [0.15, 0.2) is 97.1 Å². The average molecular weight is 547 g/mol. The van der Waals surface area contributed by atoms with Crippen molar-refractivity contribution in [3.8, 4) is 22.3 Å². The van der Waals surface area contributed by atoms with Gasteiger partial charge in [0.15, 0.2) is 0 Å². The molecule has 0 saturated heterocycles. The van der Waals surface area contributed by atoms with E-state index in [-0.39, 0.29) is 0 Å². The summed E-state index contributed by atoms with van der Waals surface area (Å²) in [7, 11) is 0. The highest BCUT2D eigenvalue weighted by Gasteiger charge is 2.30. The third kappa shape index (κ3) is 3.65. The standard InChI is InChI=1S/C40H34O2/c1-39(2,41)34-22-33(29-19-16-27-14-12-24-7-5-8-25-17-20-31(29)38(27)37(24)25)35(40(3,4)42)21-32(34)28-18-15-26-13-11-23-9-6-10-30(28)36(23)26/h5-10,12,14-22,41-42H,11,13H2,1-4H3. The molecule has 7 aromatic rings. The predicted molar refractivity (Wildman–Crippen MR) is 176 cm³/mol. The van der Waals surface area contributed by atoms with Crippen molar-refractivity contribution in [2.24, 2.45) is 0 Å². The van der Waals surface area contributed by atoms with Crippen molar-refractivity contribution >= 4 is 43.1 Å². The van der Waals surface area contributed by atoms with Gasteiger partial charge in [0, 0.05) is 0 Å². The van der Waals surface area contributed by atoms with Gasteiger partial charge in [-0.2, -0.15) is 0 Å². The van der Waals surface area contributed by atoms with Gasteiger partial charge in [-0.1, -0.05) is 84.9 Å². The Hall–Kier alpha value is -4.24. The van der Waals surface area contributed by atoms with E-state index in [2.05, 4.69) is 97.1 Å². The van der Waals surface area contributed by atoms with Gasteiger partial charge >= 0.3 is 0 Å². The highest BCUT2D eigenvalue weighted by molar-refractivity contribution is 6.25. The molecule has 1 aliphatic rings. The molecule has 0 amide bonds. The van der Waals surface area contributed by atoms with Crippen LogP contribution >= 0.6 is 0 Å². The Morgan fingerprint density at radius 1 is 0.452 bits per heavy atom. The number of hydrogen-bond acceptors (Lipinski definition) is 2. The molecule has 2 nitrogen and oxygen atoms in total. The second-order valence-electron chi connectivity index (χ2n) is 13.1. The summed E-state index contributed by atoms with van der Waals surface area (Å²) in [6, 6.07) is 35.0. The lowest BCUT2D eigenvalue weighted by molar-refractivity contribution is 0.0753. The van der Waals surface area contributed by atoms with Crippen LogP contribution in [0.25, 0.3) is 65.3 Å². The number of hydrogen-bond donors (Lipinski definition) is 2. The van der Waals surface area contributed by atoms with Crippen LogP contribution in [-0.4, -0.2) is 10.2 Å². The molecule has 8 rings (SSSR count). The molecule has 2 heteroatoms. The smallest absolute Gasteiger partial charge is 0.0846 e. The third-order valence-electron chi connectivity index (χ3n) is 9.46. The molecule has 42 heavy (non-hydrogen) atoms. The average Bonchev–Trinajstić information content (AvgIpc) is 3.39. The zero-order valence-corrected chi connectivity index (χ0v) is 24.5. The maximum atomic E-state index is 11.7. The minimum absolute atomic E-state index is 0.851. The van der Waals surface area contributed by atoms with Gasteiger partial charge in [0.05, 0.1) is 11.2 Å². The van der Waals surface area contributed by atoms with Crippen molar-refractivity contribution in [2.75, 3.05) is 0 Å². The Morgan fingerprint density at radius 3 is 1.55 bits per heavy atom. The number of aryl methyl sites for hydroxylation is 2. The fraction of sp³-hybridized carbons (Fsp3) is 0.200. The van der Waals surface area contributed by atoms with Crippen LogP contribution in [0.1, 0.15) is 49.9 Å². The van der Waals surface area contributed by atoms with Gasteiger partial charge in [0.25, 0.3) is 0 Å². The van der Waals surface area contributed by atoms with E-state index in [1.807, 2.05) is 27.7 Å². The molecule has 0 saturated carbocycles. The van der Waals surface area contributed by atoms with Crippen LogP contribution < -0.4 is 0 Å². The second-order valence-corrected chi connectivity index (χ2v) is 13.1. The summed E-state index contributed by atoms with van der Waals surface area (Å²) >= 11 is 0. The molecule has 0 unspecified atom stereocenters. The van der Waals surface area contributed by atoms with Gasteiger partial charge < -0.3 is 10.2 Å². The number of aliphatic hydroxyl groups is 2. The zero-order chi connectivity index (χ0) is 29.0. The summed E-state index contributed by atoms with van der Waals surface area (Å²) in [6.07, 6.45) is 2.13. The Morgan fingerprint density at radius 2 is 0.929 bits per heavy atom. The van der Waals surface area contributed by atoms with Crippen LogP contribution in [0.4, 0.5) is 0 Å². The first-order valence-corrected chi connectivity index (χ1v) is 14.9. The monoisotopic (exact) mass is 546 g/mol. The molecule has 206 valence electrons. The first-order chi connectivity index (χ1) is 20.1. The van der Waals surface area contributed by atoms with E-state index >= 15 is 0 Å². The molecular weight excluding hydrogens is 512 g/mol. The first-order valence-electron chi connectivity index (χ1n) is 14.9. The summed E-state index contributed by atoms with van der Waals surface area (Å²) in [5.41, 5.74) is 6.36. The molecule has 7 aromatic carbocycles. The van der Waals surface area contributed by atoms with Crippen molar-refractivity contribution < 1.29 is 10.2 Å². The lowest BCUT2D eigenvalue weighted by Crippen LogP contribution is -2.21. The van der Waals surface area contributed by atoms with Gasteiger partial charge in [-0.05, 0) is 140 Å². The Bertz CT molecular complexity index is 2180. The fourth-order valence-electron chi connectivity index (χ4n) is 7.51. The van der Waals surface area contributed by atoms with Crippen LogP contribution in [0.3, 0.4) is 0 Å². The van der Waals surface area contributed by atoms with Crippen LogP contribution in [-0.2, 0) is 24.0 Å². The SMILES string of the molecule is CC(C)(O)c1cc(-c2ccc3ccc4cccc5ccc2c3c45)c(C(C)(C)O)cc1-c1ccc2c3c(cccc13)CC2. The summed E-state index contributed by atoms with van der Waals surface area (Å²) in [5.74, 6) is 0. The predicted octanol–water partition coefficient (Wildman–Crippen LogP) is 9.62. The topological polar surface area (TPSA) is 40.5 Å². The fourth-order valence-corrected chi connectivity index (χ4v) is 7.51. The highest BCUT2D eigenvalue weighted by atomic mass is 16.3. The summed E-state index contributed by atoms with van der Waals surface area (Å²) in [5, 5.41) is 33.2. The van der Waals surface area contributed by atoms with Gasteiger partial charge in [-0.25, -0.2) is 0 Å². The molecule has 0 atom stereocenters. The van der Waals surface area contributed by atoms with Crippen LogP contribution in [0.5, 0.6) is 0 Å². The van der Waals surface area contributed by atoms with E-state index in [1.165, 1.54) is 48.8 Å². The van der Waals surface area contributed by atoms with Crippen molar-refractivity contribution in [1.29, 1.82) is 0 Å². The number of rotatable bonds is 4. The molecule has 0 heterocycles. The molecule has 0 bridgehead atoms. The summed E-state index contributed by atoms with van der Waals surface area (Å²) in [6.45, 7) is 7.46. The minimum atomic E-state index is -1.11. The van der Waals surface area contributed by atoms with Crippen molar-refractivity contribution in [1.82, 2.24) is 0 Å². The van der Waals surface area contributed by atoms with Crippen molar-refractivity contribution in [3.05, 3.63) is 119 Å². The van der Waals surface area contributed by atoms with E-state index in [9.17, 15) is 10.2 Å². The molecule has 0 aliphatic heterocycles. The Balaban J connectivity index is 1.48. The summed E-state index contributed by atoms with van der Waals surface area (Å²) in [4.78, 5) is 0. The minimum Gasteiger partial charge on any atom is -0.386 e. The normalized spacial score (nSPS) is 13.8. The Labute approximate surface area is 246 Å². The van der Waals surface area contributed by atoms with Crippen LogP contribution in [0, 0.1) is 0 Å². The quantitative estimate of drug-likeness (QED) is 0.216. The number of benzene rings is 7. The molecule has 1 aliphatic carbocycles. The summed E-state index contributed by atoms with van der Waals surface area (Å²) < 4.78 is 0. The van der Waals surface area contributed by atoms with E-state index in [0.717, 1.165) is 51.6 Å². The van der Waals surface area contributed by atoms with Crippen LogP contribution in [0.2, 0.25) is 0 Å². The highest BCUT2D eigenvalue weighted by Crippen LogP contribution is 2.47. The maximum absolute atomic E-state index is 11.7. The first kappa shape index (κ1) is 25.5. The zero-order valence-electron chi connectivity index (χ0n) is 24.5. The van der Waals surface area contributed by atoms with Gasteiger partial charge in [-0.15, -0.1) is 0 Å². The van der Waals surface area contributed by atoms with Gasteiger partial charge in [-0.3, -0.25) is 0 Å². The molecule has 0 spiro atoms. The van der Waals surface area contributed by atoms with E-state index < -0.39 is 11.2 Å². The molecule has 0 aromatic heterocycles. The lowest BCUT2D eigenvalue weighted by Gasteiger charge is -2.30.